The molecule has 4 nitrogen and oxygen atoms in total. The first-order valence-corrected chi connectivity index (χ1v) is 8.19. The summed E-state index contributed by atoms with van der Waals surface area (Å²) in [4.78, 5) is 11.7. The standard InChI is InChI=1S/C11H13BrN2O2S2/c1-11(17-4-5-18-11)6-10(15)14-13-7-8-2-3-9(12)16-8/h2-3,7H,4-6H2,1H3,(H,14,15)/b13-7-. The molecule has 1 fully saturated rings. The molecule has 0 saturated carbocycles. The van der Waals surface area contributed by atoms with Crippen LogP contribution in [0.3, 0.4) is 0 Å². The summed E-state index contributed by atoms with van der Waals surface area (Å²) >= 11 is 6.86. The van der Waals surface area contributed by atoms with Crippen molar-refractivity contribution in [3.8, 4) is 0 Å². The molecule has 1 aliphatic heterocycles. The normalized spacial score (nSPS) is 18.3. The summed E-state index contributed by atoms with van der Waals surface area (Å²) in [5, 5.41) is 3.87. The van der Waals surface area contributed by atoms with E-state index < -0.39 is 0 Å². The predicted molar refractivity (Wildman–Crippen MR) is 80.1 cm³/mol. The molecule has 2 rings (SSSR count). The highest BCUT2D eigenvalue weighted by Crippen LogP contribution is 2.45. The van der Waals surface area contributed by atoms with Gasteiger partial charge in [0.05, 0.1) is 16.7 Å². The highest BCUT2D eigenvalue weighted by atomic mass is 79.9. The molecule has 0 atom stereocenters. The Bertz CT molecular complexity index is 456. The quantitative estimate of drug-likeness (QED) is 0.671. The van der Waals surface area contributed by atoms with Gasteiger partial charge in [0.25, 0.3) is 0 Å². The van der Waals surface area contributed by atoms with Gasteiger partial charge in [0.2, 0.25) is 5.91 Å². The van der Waals surface area contributed by atoms with Crippen molar-refractivity contribution in [2.24, 2.45) is 5.10 Å². The van der Waals surface area contributed by atoms with Gasteiger partial charge < -0.3 is 4.42 Å². The third-order valence-corrected chi connectivity index (χ3v) is 6.07. The largest absolute Gasteiger partial charge is 0.448 e. The van der Waals surface area contributed by atoms with Crippen LogP contribution in [0.25, 0.3) is 0 Å². The Kier molecular flexibility index (Phi) is 4.80. The molecule has 0 aromatic carbocycles. The molecule has 18 heavy (non-hydrogen) atoms. The van der Waals surface area contributed by atoms with Crippen LogP contribution in [0.15, 0.2) is 26.3 Å². The molecule has 1 aromatic rings. The number of hydrogen-bond donors (Lipinski definition) is 1. The second-order valence-corrected chi connectivity index (χ2v) is 8.18. The number of rotatable bonds is 4. The lowest BCUT2D eigenvalue weighted by Crippen LogP contribution is -2.26. The molecule has 0 bridgehead atoms. The zero-order chi connectivity index (χ0) is 13.0. The second-order valence-electron chi connectivity index (χ2n) is 3.94. The maximum Gasteiger partial charge on any atom is 0.242 e. The highest BCUT2D eigenvalue weighted by Gasteiger charge is 2.32. The van der Waals surface area contributed by atoms with E-state index in [1.54, 1.807) is 12.1 Å². The SMILES string of the molecule is CC1(CC(=O)N/N=C\c2ccc(Br)o2)SCCS1. The molecule has 2 heterocycles. The molecule has 1 amide bonds. The Morgan fingerprint density at radius 2 is 2.33 bits per heavy atom. The maximum atomic E-state index is 11.7. The van der Waals surface area contributed by atoms with Gasteiger partial charge in [-0.2, -0.15) is 5.10 Å². The van der Waals surface area contributed by atoms with Crippen LogP contribution >= 0.6 is 39.5 Å². The molecule has 0 unspecified atom stereocenters. The molecule has 1 saturated heterocycles. The van der Waals surface area contributed by atoms with Gasteiger partial charge in [0, 0.05) is 11.5 Å². The monoisotopic (exact) mass is 348 g/mol. The van der Waals surface area contributed by atoms with Gasteiger partial charge in [-0.3, -0.25) is 4.79 Å². The summed E-state index contributed by atoms with van der Waals surface area (Å²) in [6.07, 6.45) is 1.96. The van der Waals surface area contributed by atoms with Crippen LogP contribution < -0.4 is 5.43 Å². The summed E-state index contributed by atoms with van der Waals surface area (Å²) in [5.41, 5.74) is 2.52. The van der Waals surface area contributed by atoms with E-state index in [1.807, 2.05) is 23.5 Å². The van der Waals surface area contributed by atoms with Crippen LogP contribution in [0.1, 0.15) is 19.1 Å². The number of carbonyl (C=O) groups excluding carboxylic acids is 1. The number of nitrogens with zero attached hydrogens (tertiary/aromatic N) is 1. The highest BCUT2D eigenvalue weighted by molar-refractivity contribution is 9.10. The van der Waals surface area contributed by atoms with Gasteiger partial charge in [0.15, 0.2) is 4.67 Å². The molecular weight excluding hydrogens is 336 g/mol. The Labute approximate surface area is 122 Å². The lowest BCUT2D eigenvalue weighted by molar-refractivity contribution is -0.121. The molecule has 0 aliphatic carbocycles. The van der Waals surface area contributed by atoms with E-state index in [0.717, 1.165) is 11.5 Å². The predicted octanol–water partition coefficient (Wildman–Crippen LogP) is 3.08. The molecular formula is C11H13BrN2O2S2. The van der Waals surface area contributed by atoms with Crippen molar-refractivity contribution in [1.29, 1.82) is 0 Å². The number of halogens is 1. The van der Waals surface area contributed by atoms with Gasteiger partial charge >= 0.3 is 0 Å². The molecule has 0 spiro atoms. The van der Waals surface area contributed by atoms with E-state index >= 15 is 0 Å². The summed E-state index contributed by atoms with van der Waals surface area (Å²) in [5.74, 6) is 2.75. The molecule has 1 N–H and O–H groups in total. The first-order chi connectivity index (χ1) is 8.57. The fourth-order valence-electron chi connectivity index (χ4n) is 1.56. The molecule has 7 heteroatoms. The van der Waals surface area contributed by atoms with E-state index in [-0.39, 0.29) is 9.99 Å². The number of furan rings is 1. The number of hydrogen-bond acceptors (Lipinski definition) is 5. The third kappa shape index (κ3) is 4.07. The number of carbonyl (C=O) groups is 1. The molecule has 1 aliphatic rings. The van der Waals surface area contributed by atoms with E-state index in [0.29, 0.717) is 16.9 Å². The number of thioether (sulfide) groups is 2. The van der Waals surface area contributed by atoms with Crippen molar-refractivity contribution in [2.45, 2.75) is 17.4 Å². The number of nitrogens with one attached hydrogen (secondary N) is 1. The third-order valence-electron chi connectivity index (χ3n) is 2.35. The van der Waals surface area contributed by atoms with Crippen molar-refractivity contribution in [3.05, 3.63) is 22.6 Å². The number of hydrazone groups is 1. The van der Waals surface area contributed by atoms with Gasteiger partial charge in [-0.1, -0.05) is 0 Å². The smallest absolute Gasteiger partial charge is 0.242 e. The zero-order valence-electron chi connectivity index (χ0n) is 9.81. The molecule has 98 valence electrons. The topological polar surface area (TPSA) is 54.6 Å². The van der Waals surface area contributed by atoms with Crippen LogP contribution in [-0.4, -0.2) is 27.7 Å². The average Bonchev–Trinajstić information content (AvgIpc) is 2.88. The minimum absolute atomic E-state index is 0.00663. The Morgan fingerprint density at radius 1 is 1.61 bits per heavy atom. The minimum Gasteiger partial charge on any atom is -0.448 e. The van der Waals surface area contributed by atoms with E-state index in [9.17, 15) is 4.79 Å². The summed E-state index contributed by atoms with van der Waals surface area (Å²) in [6.45, 7) is 2.10. The Balaban J connectivity index is 1.79. The lowest BCUT2D eigenvalue weighted by Gasteiger charge is -2.19. The van der Waals surface area contributed by atoms with E-state index in [1.165, 1.54) is 6.21 Å². The van der Waals surface area contributed by atoms with E-state index in [2.05, 4.69) is 33.4 Å². The second kappa shape index (κ2) is 6.16. The lowest BCUT2D eigenvalue weighted by atomic mass is 10.3. The summed E-state index contributed by atoms with van der Waals surface area (Å²) in [7, 11) is 0. The van der Waals surface area contributed by atoms with E-state index in [4.69, 9.17) is 4.42 Å². The Hall–Kier alpha value is -0.400. The fourth-order valence-corrected chi connectivity index (χ4v) is 4.70. The first-order valence-electron chi connectivity index (χ1n) is 5.43. The average molecular weight is 349 g/mol. The first kappa shape index (κ1) is 14.0. The van der Waals surface area contributed by atoms with Crippen LogP contribution in [0.4, 0.5) is 0 Å². The van der Waals surface area contributed by atoms with Crippen molar-refractivity contribution in [1.82, 2.24) is 5.43 Å². The van der Waals surface area contributed by atoms with Crippen molar-refractivity contribution < 1.29 is 9.21 Å². The van der Waals surface area contributed by atoms with Crippen molar-refractivity contribution in [3.63, 3.8) is 0 Å². The van der Waals surface area contributed by atoms with Gasteiger partial charge in [0.1, 0.15) is 5.76 Å². The van der Waals surface area contributed by atoms with Gasteiger partial charge in [-0.05, 0) is 35.0 Å². The fraction of sp³-hybridized carbons (Fsp3) is 0.455. The summed E-state index contributed by atoms with van der Waals surface area (Å²) < 4.78 is 5.86. The maximum absolute atomic E-state index is 11.7. The van der Waals surface area contributed by atoms with Crippen molar-refractivity contribution in [2.75, 3.05) is 11.5 Å². The van der Waals surface area contributed by atoms with Gasteiger partial charge in [-0.15, -0.1) is 23.5 Å². The van der Waals surface area contributed by atoms with Gasteiger partial charge in [-0.25, -0.2) is 5.43 Å². The van der Waals surface area contributed by atoms with Crippen molar-refractivity contribution >= 4 is 51.6 Å². The van der Waals surface area contributed by atoms with Crippen LogP contribution in [0, 0.1) is 0 Å². The van der Waals surface area contributed by atoms with Crippen LogP contribution in [-0.2, 0) is 4.79 Å². The minimum atomic E-state index is -0.0683. The van der Waals surface area contributed by atoms with Crippen LogP contribution in [0.5, 0.6) is 0 Å². The molecule has 1 aromatic heterocycles. The summed E-state index contributed by atoms with van der Waals surface area (Å²) in [6, 6.07) is 3.54. The molecule has 0 radical (unpaired) electrons. The number of amides is 1. The zero-order valence-corrected chi connectivity index (χ0v) is 13.0. The van der Waals surface area contributed by atoms with Crippen LogP contribution in [0.2, 0.25) is 0 Å². The Morgan fingerprint density at radius 3 is 2.94 bits per heavy atom.